The fourth-order valence-electron chi connectivity index (χ4n) is 3.06. The minimum absolute atomic E-state index is 0.415. The van der Waals surface area contributed by atoms with Crippen LogP contribution in [0.4, 0.5) is 0 Å². The highest BCUT2D eigenvalue weighted by Crippen LogP contribution is 2.36. The number of ether oxygens (including phenoxy) is 2. The normalized spacial score (nSPS) is 27.3. The third-order valence-corrected chi connectivity index (χ3v) is 4.24. The SMILES string of the molecule is CCCNC(CCC1CCCO1)C(OC)C1CC1. The molecule has 1 N–H and O–H groups in total. The molecule has 3 nitrogen and oxygen atoms in total. The highest BCUT2D eigenvalue weighted by atomic mass is 16.5. The van der Waals surface area contributed by atoms with E-state index in [2.05, 4.69) is 12.2 Å². The fourth-order valence-corrected chi connectivity index (χ4v) is 3.06. The van der Waals surface area contributed by atoms with Gasteiger partial charge in [0.25, 0.3) is 0 Å². The van der Waals surface area contributed by atoms with E-state index in [0.717, 1.165) is 19.1 Å². The molecule has 1 saturated carbocycles. The molecule has 1 aliphatic heterocycles. The zero-order chi connectivity index (χ0) is 12.8. The van der Waals surface area contributed by atoms with Gasteiger partial charge >= 0.3 is 0 Å². The summed E-state index contributed by atoms with van der Waals surface area (Å²) < 4.78 is 11.5. The lowest BCUT2D eigenvalue weighted by molar-refractivity contribution is 0.0387. The molecule has 3 heteroatoms. The zero-order valence-electron chi connectivity index (χ0n) is 12.0. The van der Waals surface area contributed by atoms with Crippen molar-refractivity contribution in [1.29, 1.82) is 0 Å². The van der Waals surface area contributed by atoms with E-state index in [9.17, 15) is 0 Å². The fraction of sp³-hybridized carbons (Fsp3) is 1.00. The summed E-state index contributed by atoms with van der Waals surface area (Å²) in [6.07, 6.45) is 9.69. The van der Waals surface area contributed by atoms with Gasteiger partial charge in [-0.2, -0.15) is 0 Å². The maximum Gasteiger partial charge on any atom is 0.0752 e. The lowest BCUT2D eigenvalue weighted by atomic mass is 9.98. The molecule has 2 aliphatic rings. The number of methoxy groups -OCH3 is 1. The van der Waals surface area contributed by atoms with Gasteiger partial charge in [0.2, 0.25) is 0 Å². The molecule has 106 valence electrons. The second kappa shape index (κ2) is 7.46. The molecule has 0 amide bonds. The van der Waals surface area contributed by atoms with E-state index in [1.54, 1.807) is 0 Å². The van der Waals surface area contributed by atoms with Crippen LogP contribution in [-0.2, 0) is 9.47 Å². The minimum atomic E-state index is 0.415. The summed E-state index contributed by atoms with van der Waals surface area (Å²) in [5.41, 5.74) is 0. The molecule has 0 radical (unpaired) electrons. The largest absolute Gasteiger partial charge is 0.380 e. The molecule has 0 aromatic rings. The molecule has 0 aromatic carbocycles. The number of nitrogens with one attached hydrogen (secondary N) is 1. The second-order valence-electron chi connectivity index (χ2n) is 5.81. The van der Waals surface area contributed by atoms with Crippen molar-refractivity contribution in [3.05, 3.63) is 0 Å². The van der Waals surface area contributed by atoms with Gasteiger partial charge in [0.15, 0.2) is 0 Å². The molecular formula is C15H29NO2. The van der Waals surface area contributed by atoms with E-state index < -0.39 is 0 Å². The van der Waals surface area contributed by atoms with Crippen LogP contribution >= 0.6 is 0 Å². The summed E-state index contributed by atoms with van der Waals surface area (Å²) in [6, 6.07) is 0.520. The molecule has 3 unspecified atom stereocenters. The van der Waals surface area contributed by atoms with Crippen LogP contribution in [-0.4, -0.2) is 38.5 Å². The van der Waals surface area contributed by atoms with Gasteiger partial charge in [-0.3, -0.25) is 0 Å². The summed E-state index contributed by atoms with van der Waals surface area (Å²) in [5, 5.41) is 3.69. The summed E-state index contributed by atoms with van der Waals surface area (Å²) in [6.45, 7) is 4.29. The van der Waals surface area contributed by atoms with Crippen LogP contribution in [0, 0.1) is 5.92 Å². The Morgan fingerprint density at radius 3 is 2.72 bits per heavy atom. The number of rotatable bonds is 9. The Labute approximate surface area is 112 Å². The molecule has 0 spiro atoms. The van der Waals surface area contributed by atoms with E-state index in [-0.39, 0.29) is 0 Å². The van der Waals surface area contributed by atoms with E-state index in [1.165, 1.54) is 44.9 Å². The third-order valence-electron chi connectivity index (χ3n) is 4.24. The average molecular weight is 255 g/mol. The summed E-state index contributed by atoms with van der Waals surface area (Å²) >= 11 is 0. The predicted molar refractivity (Wildman–Crippen MR) is 73.8 cm³/mol. The molecular weight excluding hydrogens is 226 g/mol. The van der Waals surface area contributed by atoms with Gasteiger partial charge in [0, 0.05) is 19.8 Å². The molecule has 1 heterocycles. The topological polar surface area (TPSA) is 30.5 Å². The van der Waals surface area contributed by atoms with Crippen molar-refractivity contribution in [2.45, 2.75) is 70.1 Å². The van der Waals surface area contributed by atoms with Crippen molar-refractivity contribution in [1.82, 2.24) is 5.32 Å². The van der Waals surface area contributed by atoms with Crippen LogP contribution in [0.5, 0.6) is 0 Å². The standard InChI is InChI=1S/C15H29NO2/c1-3-10-16-14(15(17-2)12-6-7-12)9-8-13-5-4-11-18-13/h12-16H,3-11H2,1-2H3. The van der Waals surface area contributed by atoms with Crippen LogP contribution in [0.25, 0.3) is 0 Å². The van der Waals surface area contributed by atoms with Crippen LogP contribution in [0.15, 0.2) is 0 Å². The Morgan fingerprint density at radius 1 is 1.33 bits per heavy atom. The molecule has 1 saturated heterocycles. The molecule has 1 aliphatic carbocycles. The first kappa shape index (κ1) is 14.3. The minimum Gasteiger partial charge on any atom is -0.380 e. The average Bonchev–Trinajstić information content (AvgIpc) is 3.08. The Bertz CT molecular complexity index is 225. The lowest BCUT2D eigenvalue weighted by Crippen LogP contribution is -2.43. The van der Waals surface area contributed by atoms with Gasteiger partial charge < -0.3 is 14.8 Å². The first-order valence-corrected chi connectivity index (χ1v) is 7.73. The highest BCUT2D eigenvalue weighted by Gasteiger charge is 2.36. The van der Waals surface area contributed by atoms with E-state index >= 15 is 0 Å². The number of hydrogen-bond acceptors (Lipinski definition) is 3. The van der Waals surface area contributed by atoms with Gasteiger partial charge in [0.05, 0.1) is 12.2 Å². The number of hydrogen-bond donors (Lipinski definition) is 1. The van der Waals surface area contributed by atoms with E-state index in [1.807, 2.05) is 7.11 Å². The van der Waals surface area contributed by atoms with Gasteiger partial charge in [-0.15, -0.1) is 0 Å². The maximum atomic E-state index is 5.75. The van der Waals surface area contributed by atoms with E-state index in [4.69, 9.17) is 9.47 Å². The Balaban J connectivity index is 1.78. The first-order chi connectivity index (χ1) is 8.85. The zero-order valence-corrected chi connectivity index (χ0v) is 12.0. The second-order valence-corrected chi connectivity index (χ2v) is 5.81. The highest BCUT2D eigenvalue weighted by molar-refractivity contribution is 4.90. The lowest BCUT2D eigenvalue weighted by Gasteiger charge is -2.28. The van der Waals surface area contributed by atoms with Crippen LogP contribution in [0.3, 0.4) is 0 Å². The summed E-state index contributed by atoms with van der Waals surface area (Å²) in [7, 11) is 1.87. The van der Waals surface area contributed by atoms with Gasteiger partial charge in [-0.25, -0.2) is 0 Å². The van der Waals surface area contributed by atoms with Gasteiger partial charge in [-0.1, -0.05) is 6.92 Å². The molecule has 0 aromatic heterocycles. The maximum absolute atomic E-state index is 5.75. The predicted octanol–water partition coefficient (Wildman–Crippen LogP) is 2.74. The van der Waals surface area contributed by atoms with Crippen molar-refractivity contribution in [3.8, 4) is 0 Å². The van der Waals surface area contributed by atoms with Gasteiger partial charge in [0.1, 0.15) is 0 Å². The smallest absolute Gasteiger partial charge is 0.0752 e. The van der Waals surface area contributed by atoms with Crippen molar-refractivity contribution in [2.24, 2.45) is 5.92 Å². The third kappa shape index (κ3) is 4.22. The van der Waals surface area contributed by atoms with Crippen molar-refractivity contribution >= 4 is 0 Å². The molecule has 2 fully saturated rings. The quantitative estimate of drug-likeness (QED) is 0.687. The molecule has 3 atom stereocenters. The molecule has 18 heavy (non-hydrogen) atoms. The monoisotopic (exact) mass is 255 g/mol. The van der Waals surface area contributed by atoms with Crippen molar-refractivity contribution in [2.75, 3.05) is 20.3 Å². The van der Waals surface area contributed by atoms with E-state index in [0.29, 0.717) is 18.2 Å². The van der Waals surface area contributed by atoms with Crippen molar-refractivity contribution < 1.29 is 9.47 Å². The Morgan fingerprint density at radius 2 is 2.17 bits per heavy atom. The van der Waals surface area contributed by atoms with Crippen molar-refractivity contribution in [3.63, 3.8) is 0 Å². The van der Waals surface area contributed by atoms with Crippen LogP contribution < -0.4 is 5.32 Å². The first-order valence-electron chi connectivity index (χ1n) is 7.73. The summed E-state index contributed by atoms with van der Waals surface area (Å²) in [4.78, 5) is 0. The Kier molecular flexibility index (Phi) is 5.93. The van der Waals surface area contributed by atoms with Crippen LogP contribution in [0.2, 0.25) is 0 Å². The molecule has 0 bridgehead atoms. The van der Waals surface area contributed by atoms with Gasteiger partial charge in [-0.05, 0) is 57.4 Å². The summed E-state index contributed by atoms with van der Waals surface area (Å²) in [5.74, 6) is 0.800. The molecule has 2 rings (SSSR count). The van der Waals surface area contributed by atoms with Crippen LogP contribution in [0.1, 0.15) is 51.9 Å². The Hall–Kier alpha value is -0.120.